The molecule has 2 aromatic carbocycles. The molecular formula is C23H28N2O4S. The van der Waals surface area contributed by atoms with Crippen LogP contribution in [0.3, 0.4) is 0 Å². The van der Waals surface area contributed by atoms with E-state index in [2.05, 4.69) is 13.8 Å². The molecule has 0 radical (unpaired) electrons. The van der Waals surface area contributed by atoms with Crippen molar-refractivity contribution < 1.29 is 17.9 Å². The Hall–Kier alpha value is -2.38. The molecular weight excluding hydrogens is 400 g/mol. The van der Waals surface area contributed by atoms with Gasteiger partial charge >= 0.3 is 0 Å². The van der Waals surface area contributed by atoms with Crippen LogP contribution in [0, 0.1) is 0 Å². The van der Waals surface area contributed by atoms with E-state index in [9.17, 15) is 13.2 Å². The van der Waals surface area contributed by atoms with Crippen LogP contribution in [0.2, 0.25) is 0 Å². The molecule has 30 heavy (non-hydrogen) atoms. The molecule has 0 bridgehead atoms. The lowest BCUT2D eigenvalue weighted by Gasteiger charge is -2.35. The van der Waals surface area contributed by atoms with Gasteiger partial charge in [-0.3, -0.25) is 4.79 Å². The summed E-state index contributed by atoms with van der Waals surface area (Å²) in [6.45, 7) is 5.58. The third-order valence-electron chi connectivity index (χ3n) is 6.17. The first-order valence-electron chi connectivity index (χ1n) is 10.5. The first kappa shape index (κ1) is 20.9. The number of benzene rings is 2. The van der Waals surface area contributed by atoms with Gasteiger partial charge in [-0.1, -0.05) is 44.2 Å². The molecule has 7 heteroatoms. The number of amides is 1. The second-order valence-electron chi connectivity index (χ2n) is 8.03. The van der Waals surface area contributed by atoms with Gasteiger partial charge in [0.15, 0.2) is 6.10 Å². The van der Waals surface area contributed by atoms with Gasteiger partial charge in [-0.2, -0.15) is 4.31 Å². The second-order valence-corrected chi connectivity index (χ2v) is 9.96. The molecule has 0 saturated carbocycles. The van der Waals surface area contributed by atoms with E-state index >= 15 is 0 Å². The number of rotatable bonds is 5. The van der Waals surface area contributed by atoms with Crippen LogP contribution in [0.4, 0.5) is 0 Å². The summed E-state index contributed by atoms with van der Waals surface area (Å²) in [5.41, 5.74) is 2.18. The Labute approximate surface area is 178 Å². The van der Waals surface area contributed by atoms with Gasteiger partial charge < -0.3 is 9.64 Å². The van der Waals surface area contributed by atoms with Gasteiger partial charge in [0.2, 0.25) is 10.0 Å². The summed E-state index contributed by atoms with van der Waals surface area (Å²) in [5.74, 6) is 1.10. The summed E-state index contributed by atoms with van der Waals surface area (Å²) in [7, 11) is -3.56. The maximum absolute atomic E-state index is 13.0. The summed E-state index contributed by atoms with van der Waals surface area (Å²) < 4.78 is 33.3. The number of piperazine rings is 1. The zero-order valence-electron chi connectivity index (χ0n) is 17.5. The molecule has 4 rings (SSSR count). The first-order valence-corrected chi connectivity index (χ1v) is 12.0. The fraction of sp³-hybridized carbons (Fsp3) is 0.435. The summed E-state index contributed by atoms with van der Waals surface area (Å²) in [4.78, 5) is 14.9. The van der Waals surface area contributed by atoms with Crippen LogP contribution in [0.15, 0.2) is 53.4 Å². The Bertz CT molecular complexity index is 987. The lowest BCUT2D eigenvalue weighted by atomic mass is 9.99. The van der Waals surface area contributed by atoms with Gasteiger partial charge in [0, 0.05) is 32.6 Å². The van der Waals surface area contributed by atoms with Crippen LogP contribution in [0.25, 0.3) is 0 Å². The summed E-state index contributed by atoms with van der Waals surface area (Å²) in [5, 5.41) is 0. The number of sulfonamides is 1. The molecule has 0 aliphatic carbocycles. The molecule has 2 heterocycles. The summed E-state index contributed by atoms with van der Waals surface area (Å²) in [6, 6.07) is 14.9. The van der Waals surface area contributed by atoms with Gasteiger partial charge in [0.05, 0.1) is 4.90 Å². The monoisotopic (exact) mass is 428 g/mol. The maximum atomic E-state index is 13.0. The Balaban J connectivity index is 1.37. The molecule has 2 aliphatic rings. The molecule has 2 aromatic rings. The standard InChI is InChI=1S/C23H28N2O4S/c1-3-17(2)18-8-10-20(11-9-18)30(27,28)25-14-12-24(13-15-25)23(26)22-16-19-6-4-5-7-21(19)29-22/h4-11,17,22H,3,12-16H2,1-2H3. The number of ether oxygens (including phenoxy) is 1. The number of fused-ring (bicyclic) bond motifs is 1. The van der Waals surface area contributed by atoms with Crippen molar-refractivity contribution in [2.45, 2.75) is 43.6 Å². The van der Waals surface area contributed by atoms with Crippen LogP contribution < -0.4 is 4.74 Å². The molecule has 6 nitrogen and oxygen atoms in total. The predicted molar refractivity (Wildman–Crippen MR) is 115 cm³/mol. The van der Waals surface area contributed by atoms with E-state index in [1.807, 2.05) is 36.4 Å². The van der Waals surface area contributed by atoms with Gasteiger partial charge in [-0.15, -0.1) is 0 Å². The van der Waals surface area contributed by atoms with Crippen LogP contribution in [-0.2, 0) is 21.2 Å². The van der Waals surface area contributed by atoms with E-state index in [4.69, 9.17) is 4.74 Å². The highest BCUT2D eigenvalue weighted by molar-refractivity contribution is 7.89. The Kier molecular flexibility index (Phi) is 5.84. The van der Waals surface area contributed by atoms with Crippen molar-refractivity contribution in [1.82, 2.24) is 9.21 Å². The number of hydrogen-bond acceptors (Lipinski definition) is 4. The van der Waals surface area contributed by atoms with Crippen molar-refractivity contribution in [2.24, 2.45) is 0 Å². The zero-order valence-corrected chi connectivity index (χ0v) is 18.3. The average Bonchev–Trinajstić information content (AvgIpc) is 3.22. The van der Waals surface area contributed by atoms with E-state index < -0.39 is 16.1 Å². The van der Waals surface area contributed by atoms with Crippen LogP contribution in [0.1, 0.15) is 37.3 Å². The molecule has 2 unspecified atom stereocenters. The zero-order chi connectivity index (χ0) is 21.3. The van der Waals surface area contributed by atoms with Crippen molar-refractivity contribution in [3.8, 4) is 5.75 Å². The molecule has 1 saturated heterocycles. The summed E-state index contributed by atoms with van der Waals surface area (Å²) in [6.07, 6.45) is 1.06. The minimum Gasteiger partial charge on any atom is -0.480 e. The molecule has 2 aliphatic heterocycles. The number of para-hydroxylation sites is 1. The van der Waals surface area contributed by atoms with Gasteiger partial charge in [0.25, 0.3) is 5.91 Å². The predicted octanol–water partition coefficient (Wildman–Crippen LogP) is 3.04. The van der Waals surface area contributed by atoms with Crippen molar-refractivity contribution in [3.63, 3.8) is 0 Å². The van der Waals surface area contributed by atoms with E-state index in [-0.39, 0.29) is 5.91 Å². The van der Waals surface area contributed by atoms with E-state index in [1.54, 1.807) is 17.0 Å². The third-order valence-corrected chi connectivity index (χ3v) is 8.09. The van der Waals surface area contributed by atoms with Crippen LogP contribution >= 0.6 is 0 Å². The van der Waals surface area contributed by atoms with Crippen molar-refractivity contribution >= 4 is 15.9 Å². The lowest BCUT2D eigenvalue weighted by Crippen LogP contribution is -2.53. The number of carbonyl (C=O) groups is 1. The van der Waals surface area contributed by atoms with Crippen molar-refractivity contribution in [1.29, 1.82) is 0 Å². The fourth-order valence-electron chi connectivity index (χ4n) is 4.03. The average molecular weight is 429 g/mol. The maximum Gasteiger partial charge on any atom is 0.264 e. The Morgan fingerprint density at radius 3 is 2.37 bits per heavy atom. The highest BCUT2D eigenvalue weighted by Gasteiger charge is 2.36. The van der Waals surface area contributed by atoms with Crippen LogP contribution in [0.5, 0.6) is 5.75 Å². The van der Waals surface area contributed by atoms with E-state index in [0.717, 1.165) is 23.3 Å². The number of hydrogen-bond donors (Lipinski definition) is 0. The van der Waals surface area contributed by atoms with E-state index in [0.29, 0.717) is 43.4 Å². The topological polar surface area (TPSA) is 66.9 Å². The second kappa shape index (κ2) is 8.40. The smallest absolute Gasteiger partial charge is 0.264 e. The summed E-state index contributed by atoms with van der Waals surface area (Å²) >= 11 is 0. The largest absolute Gasteiger partial charge is 0.480 e. The fourth-order valence-corrected chi connectivity index (χ4v) is 5.45. The highest BCUT2D eigenvalue weighted by atomic mass is 32.2. The molecule has 0 spiro atoms. The molecule has 1 fully saturated rings. The first-order chi connectivity index (χ1) is 14.4. The SMILES string of the molecule is CCC(C)c1ccc(S(=O)(=O)N2CCN(C(=O)C3Cc4ccccc4O3)CC2)cc1. The van der Waals surface area contributed by atoms with Gasteiger partial charge in [-0.25, -0.2) is 8.42 Å². The minimum absolute atomic E-state index is 0.0684. The lowest BCUT2D eigenvalue weighted by molar-refractivity contribution is -0.139. The molecule has 160 valence electrons. The molecule has 2 atom stereocenters. The van der Waals surface area contributed by atoms with Gasteiger partial charge in [-0.05, 0) is 41.7 Å². The Morgan fingerprint density at radius 1 is 1.07 bits per heavy atom. The minimum atomic E-state index is -3.56. The van der Waals surface area contributed by atoms with Crippen molar-refractivity contribution in [2.75, 3.05) is 26.2 Å². The highest BCUT2D eigenvalue weighted by Crippen LogP contribution is 2.29. The van der Waals surface area contributed by atoms with Gasteiger partial charge in [0.1, 0.15) is 5.75 Å². The van der Waals surface area contributed by atoms with Crippen molar-refractivity contribution in [3.05, 3.63) is 59.7 Å². The number of nitrogens with zero attached hydrogens (tertiary/aromatic N) is 2. The number of carbonyl (C=O) groups excluding carboxylic acids is 1. The van der Waals surface area contributed by atoms with Crippen LogP contribution in [-0.4, -0.2) is 55.8 Å². The molecule has 1 amide bonds. The van der Waals surface area contributed by atoms with E-state index in [1.165, 1.54) is 4.31 Å². The molecule has 0 aromatic heterocycles. The normalized spacial score (nSPS) is 20.5. The quantitative estimate of drug-likeness (QED) is 0.734. The Morgan fingerprint density at radius 2 is 1.73 bits per heavy atom. The third kappa shape index (κ3) is 3.96. The molecule has 0 N–H and O–H groups in total.